The Morgan fingerprint density at radius 3 is 2.88 bits per heavy atom. The van der Waals surface area contributed by atoms with Crippen molar-refractivity contribution < 1.29 is 37.3 Å². The Kier molecular flexibility index (Phi) is 5.60. The van der Waals surface area contributed by atoms with E-state index < -0.39 is 36.6 Å². The second kappa shape index (κ2) is 7.47. The zero-order valence-corrected chi connectivity index (χ0v) is 12.5. The van der Waals surface area contributed by atoms with Crippen molar-refractivity contribution in [3.8, 4) is 5.88 Å². The molecular weight excluding hydrogens is 333 g/mol. The summed E-state index contributed by atoms with van der Waals surface area (Å²) in [5, 5.41) is 8.78. The first-order valence-corrected chi connectivity index (χ1v) is 7.03. The van der Waals surface area contributed by atoms with Crippen LogP contribution in [0.25, 0.3) is 0 Å². The van der Waals surface area contributed by atoms with Gasteiger partial charge in [-0.3, -0.25) is 9.59 Å². The van der Waals surface area contributed by atoms with Crippen molar-refractivity contribution in [3.63, 3.8) is 0 Å². The number of carbonyl (C=O) groups excluding carboxylic acids is 1. The summed E-state index contributed by atoms with van der Waals surface area (Å²) in [5.74, 6) is -2.06. The molecule has 0 spiro atoms. The average Bonchev–Trinajstić information content (AvgIpc) is 2.51. The molecule has 0 aromatic carbocycles. The van der Waals surface area contributed by atoms with Gasteiger partial charge in [0.1, 0.15) is 5.56 Å². The van der Waals surface area contributed by atoms with E-state index in [1.165, 1.54) is 23.2 Å². The number of amides is 1. The van der Waals surface area contributed by atoms with Gasteiger partial charge in [0, 0.05) is 19.3 Å². The van der Waals surface area contributed by atoms with Gasteiger partial charge in [0.15, 0.2) is 6.61 Å². The highest BCUT2D eigenvalue weighted by Gasteiger charge is 2.31. The Labute approximate surface area is 135 Å². The lowest BCUT2D eigenvalue weighted by Crippen LogP contribution is -2.46. The fourth-order valence-electron chi connectivity index (χ4n) is 2.21. The Bertz CT molecular complexity index is 608. The zero-order valence-electron chi connectivity index (χ0n) is 12.5. The van der Waals surface area contributed by atoms with Crippen LogP contribution >= 0.6 is 0 Å². The SMILES string of the molecule is O=C(O)CC1CN(C(=O)c2cccnc2OCC(F)(F)F)CCO1. The van der Waals surface area contributed by atoms with Crippen LogP contribution in [-0.2, 0) is 9.53 Å². The summed E-state index contributed by atoms with van der Waals surface area (Å²) in [6.07, 6.45) is -4.27. The van der Waals surface area contributed by atoms with E-state index in [9.17, 15) is 22.8 Å². The number of carboxylic acid groups (broad SMARTS) is 1. The first-order valence-electron chi connectivity index (χ1n) is 7.03. The van der Waals surface area contributed by atoms with E-state index >= 15 is 0 Å². The number of aliphatic carboxylic acids is 1. The molecular formula is C14H15F3N2O5. The van der Waals surface area contributed by atoms with Gasteiger partial charge >= 0.3 is 12.1 Å². The number of alkyl halides is 3. The zero-order chi connectivity index (χ0) is 17.7. The minimum absolute atomic E-state index is 0.0265. The second-order valence-corrected chi connectivity index (χ2v) is 5.10. The highest BCUT2D eigenvalue weighted by atomic mass is 19.4. The molecule has 1 saturated heterocycles. The molecule has 1 aromatic rings. The van der Waals surface area contributed by atoms with E-state index in [0.29, 0.717) is 0 Å². The van der Waals surface area contributed by atoms with E-state index in [2.05, 4.69) is 9.72 Å². The van der Waals surface area contributed by atoms with Crippen LogP contribution in [0.3, 0.4) is 0 Å². The topological polar surface area (TPSA) is 89.0 Å². The molecule has 1 fully saturated rings. The molecule has 0 saturated carbocycles. The summed E-state index contributed by atoms with van der Waals surface area (Å²) >= 11 is 0. The molecule has 2 rings (SSSR count). The number of hydrogen-bond acceptors (Lipinski definition) is 5. The third-order valence-electron chi connectivity index (χ3n) is 3.20. The van der Waals surface area contributed by atoms with Crippen molar-refractivity contribution in [2.75, 3.05) is 26.3 Å². The van der Waals surface area contributed by atoms with Crippen LogP contribution in [0.15, 0.2) is 18.3 Å². The highest BCUT2D eigenvalue weighted by molar-refractivity contribution is 5.96. The Hall–Kier alpha value is -2.36. The van der Waals surface area contributed by atoms with Crippen molar-refractivity contribution in [1.29, 1.82) is 0 Å². The van der Waals surface area contributed by atoms with Crippen LogP contribution in [0.2, 0.25) is 0 Å². The van der Waals surface area contributed by atoms with Gasteiger partial charge in [-0.15, -0.1) is 0 Å². The third-order valence-corrected chi connectivity index (χ3v) is 3.20. The van der Waals surface area contributed by atoms with Crippen molar-refractivity contribution in [2.24, 2.45) is 0 Å². The molecule has 1 aliphatic rings. The van der Waals surface area contributed by atoms with Crippen LogP contribution < -0.4 is 4.74 Å². The van der Waals surface area contributed by atoms with Crippen molar-refractivity contribution in [2.45, 2.75) is 18.7 Å². The summed E-state index contributed by atoms with van der Waals surface area (Å²) in [6.45, 7) is -1.20. The van der Waals surface area contributed by atoms with E-state index in [0.717, 1.165) is 0 Å². The van der Waals surface area contributed by atoms with Gasteiger partial charge in [0.25, 0.3) is 5.91 Å². The van der Waals surface area contributed by atoms with Gasteiger partial charge in [-0.25, -0.2) is 4.98 Å². The number of hydrogen-bond donors (Lipinski definition) is 1. The minimum Gasteiger partial charge on any atom is -0.481 e. The number of carbonyl (C=O) groups is 2. The van der Waals surface area contributed by atoms with E-state index in [-0.39, 0.29) is 31.7 Å². The number of carboxylic acids is 1. The molecule has 2 heterocycles. The maximum Gasteiger partial charge on any atom is 0.422 e. The van der Waals surface area contributed by atoms with Gasteiger partial charge in [-0.2, -0.15) is 13.2 Å². The Morgan fingerprint density at radius 1 is 1.46 bits per heavy atom. The smallest absolute Gasteiger partial charge is 0.422 e. The molecule has 1 amide bonds. The van der Waals surface area contributed by atoms with E-state index in [1.54, 1.807) is 0 Å². The monoisotopic (exact) mass is 348 g/mol. The second-order valence-electron chi connectivity index (χ2n) is 5.10. The van der Waals surface area contributed by atoms with Gasteiger partial charge in [-0.05, 0) is 12.1 Å². The van der Waals surface area contributed by atoms with Gasteiger partial charge in [0.05, 0.1) is 19.1 Å². The molecule has 10 heteroatoms. The quantitative estimate of drug-likeness (QED) is 0.864. The molecule has 0 bridgehead atoms. The fraction of sp³-hybridized carbons (Fsp3) is 0.500. The van der Waals surface area contributed by atoms with Crippen molar-refractivity contribution in [3.05, 3.63) is 23.9 Å². The summed E-state index contributed by atoms with van der Waals surface area (Å²) in [6, 6.07) is 2.71. The molecule has 1 unspecified atom stereocenters. The standard InChI is InChI=1S/C14H15F3N2O5/c15-14(16,17)8-24-12-10(2-1-3-18-12)13(22)19-4-5-23-9(7-19)6-11(20)21/h1-3,9H,4-8H2,(H,20,21). The predicted octanol–water partition coefficient (Wildman–Crippen LogP) is 1.34. The summed E-state index contributed by atoms with van der Waals surface area (Å²) in [5.41, 5.74) is -0.113. The lowest BCUT2D eigenvalue weighted by Gasteiger charge is -2.32. The lowest BCUT2D eigenvalue weighted by molar-refractivity contribution is -0.154. The Balaban J connectivity index is 2.10. The highest BCUT2D eigenvalue weighted by Crippen LogP contribution is 2.22. The van der Waals surface area contributed by atoms with Gasteiger partial charge in [0.2, 0.25) is 5.88 Å². The fourth-order valence-corrected chi connectivity index (χ4v) is 2.21. The minimum atomic E-state index is -4.55. The lowest BCUT2D eigenvalue weighted by atomic mass is 10.1. The molecule has 24 heavy (non-hydrogen) atoms. The summed E-state index contributed by atoms with van der Waals surface area (Å²) < 4.78 is 46.7. The molecule has 0 aliphatic carbocycles. The normalized spacial score (nSPS) is 18.3. The number of pyridine rings is 1. The number of ether oxygens (including phenoxy) is 2. The Morgan fingerprint density at radius 2 is 2.21 bits per heavy atom. The van der Waals surface area contributed by atoms with Crippen LogP contribution in [0, 0.1) is 0 Å². The van der Waals surface area contributed by atoms with Crippen LogP contribution in [0.1, 0.15) is 16.8 Å². The number of aromatic nitrogens is 1. The van der Waals surface area contributed by atoms with Crippen LogP contribution in [0.4, 0.5) is 13.2 Å². The first kappa shape index (κ1) is 18.0. The number of rotatable bonds is 5. The summed E-state index contributed by atoms with van der Waals surface area (Å²) in [4.78, 5) is 28.2. The molecule has 1 atom stereocenters. The number of halogens is 3. The molecule has 0 radical (unpaired) electrons. The number of nitrogens with zero attached hydrogens (tertiary/aromatic N) is 2. The largest absolute Gasteiger partial charge is 0.481 e. The average molecular weight is 348 g/mol. The maximum absolute atomic E-state index is 12.5. The molecule has 7 nitrogen and oxygen atoms in total. The molecule has 132 valence electrons. The first-order chi connectivity index (χ1) is 11.3. The van der Waals surface area contributed by atoms with Crippen LogP contribution in [-0.4, -0.2) is 65.5 Å². The van der Waals surface area contributed by atoms with E-state index in [4.69, 9.17) is 9.84 Å². The third kappa shape index (κ3) is 5.08. The van der Waals surface area contributed by atoms with Crippen molar-refractivity contribution in [1.82, 2.24) is 9.88 Å². The van der Waals surface area contributed by atoms with Crippen molar-refractivity contribution >= 4 is 11.9 Å². The van der Waals surface area contributed by atoms with Crippen LogP contribution in [0.5, 0.6) is 5.88 Å². The number of morpholine rings is 1. The molecule has 1 aromatic heterocycles. The van der Waals surface area contributed by atoms with Gasteiger partial charge in [-0.1, -0.05) is 0 Å². The predicted molar refractivity (Wildman–Crippen MR) is 73.7 cm³/mol. The molecule has 1 N–H and O–H groups in total. The molecule has 1 aliphatic heterocycles. The maximum atomic E-state index is 12.5. The van der Waals surface area contributed by atoms with E-state index in [1.807, 2.05) is 0 Å². The summed E-state index contributed by atoms with van der Waals surface area (Å²) in [7, 11) is 0. The van der Waals surface area contributed by atoms with Gasteiger partial charge < -0.3 is 19.5 Å².